The second-order valence-electron chi connectivity index (χ2n) is 3.77. The van der Waals surface area contributed by atoms with E-state index in [1.54, 1.807) is 0 Å². The zero-order chi connectivity index (χ0) is 12.9. The van der Waals surface area contributed by atoms with Gasteiger partial charge < -0.3 is 14.2 Å². The molecule has 0 amide bonds. The fraction of sp³-hybridized carbons (Fsp3) is 0.909. The second-order valence-corrected chi connectivity index (χ2v) is 3.77. The van der Waals surface area contributed by atoms with Gasteiger partial charge in [0.05, 0.1) is 33.0 Å². The standard InChI is InChI=1S/C11H22N4O3/c1-2-3-5-16-7-9-18-10-8-17-6-4-11-12-14-15-13-11/h2-10H2,1H3,(H,12,13,14,15). The number of tetrazole rings is 1. The lowest BCUT2D eigenvalue weighted by Crippen LogP contribution is -2.11. The first kappa shape index (κ1) is 15.0. The molecule has 7 nitrogen and oxygen atoms in total. The van der Waals surface area contributed by atoms with Gasteiger partial charge in [0.25, 0.3) is 0 Å². The third kappa shape index (κ3) is 8.10. The maximum atomic E-state index is 5.36. The SMILES string of the molecule is CCCCOCCOCCOCCc1nn[nH]n1. The molecular weight excluding hydrogens is 236 g/mol. The van der Waals surface area contributed by atoms with Gasteiger partial charge in [0.15, 0.2) is 5.82 Å². The molecule has 0 aliphatic carbocycles. The quantitative estimate of drug-likeness (QED) is 0.553. The number of H-pyrrole nitrogens is 1. The van der Waals surface area contributed by atoms with Gasteiger partial charge in [-0.25, -0.2) is 0 Å². The van der Waals surface area contributed by atoms with Crippen LogP contribution in [0.15, 0.2) is 0 Å². The molecule has 1 N–H and O–H groups in total. The Morgan fingerprint density at radius 1 is 0.944 bits per heavy atom. The van der Waals surface area contributed by atoms with Gasteiger partial charge in [-0.15, -0.1) is 10.2 Å². The minimum Gasteiger partial charge on any atom is -0.379 e. The van der Waals surface area contributed by atoms with Crippen molar-refractivity contribution in [3.8, 4) is 0 Å². The van der Waals surface area contributed by atoms with E-state index in [-0.39, 0.29) is 0 Å². The molecule has 0 bridgehead atoms. The van der Waals surface area contributed by atoms with E-state index < -0.39 is 0 Å². The number of aromatic nitrogens is 4. The minimum absolute atomic E-state index is 0.576. The molecule has 1 aromatic heterocycles. The van der Waals surface area contributed by atoms with Crippen molar-refractivity contribution in [1.29, 1.82) is 0 Å². The zero-order valence-electron chi connectivity index (χ0n) is 10.9. The fourth-order valence-electron chi connectivity index (χ4n) is 1.24. The number of hydrogen-bond donors (Lipinski definition) is 1. The molecule has 104 valence electrons. The zero-order valence-corrected chi connectivity index (χ0v) is 10.9. The van der Waals surface area contributed by atoms with Crippen LogP contribution in [0.25, 0.3) is 0 Å². The number of hydrogen-bond acceptors (Lipinski definition) is 6. The van der Waals surface area contributed by atoms with E-state index in [0.29, 0.717) is 45.3 Å². The first-order valence-electron chi connectivity index (χ1n) is 6.39. The molecule has 0 atom stereocenters. The van der Waals surface area contributed by atoms with Crippen molar-refractivity contribution in [2.24, 2.45) is 0 Å². The smallest absolute Gasteiger partial charge is 0.176 e. The summed E-state index contributed by atoms with van der Waals surface area (Å²) in [5, 5.41) is 13.5. The number of rotatable bonds is 12. The minimum atomic E-state index is 0.576. The van der Waals surface area contributed by atoms with Crippen molar-refractivity contribution in [3.63, 3.8) is 0 Å². The van der Waals surface area contributed by atoms with Crippen molar-refractivity contribution >= 4 is 0 Å². The van der Waals surface area contributed by atoms with Crippen LogP contribution >= 0.6 is 0 Å². The maximum Gasteiger partial charge on any atom is 0.176 e. The average molecular weight is 258 g/mol. The van der Waals surface area contributed by atoms with Gasteiger partial charge in [-0.3, -0.25) is 0 Å². The van der Waals surface area contributed by atoms with Gasteiger partial charge in [-0.1, -0.05) is 18.6 Å². The molecule has 7 heteroatoms. The highest BCUT2D eigenvalue weighted by Crippen LogP contribution is 1.89. The van der Waals surface area contributed by atoms with E-state index in [9.17, 15) is 0 Å². The van der Waals surface area contributed by atoms with Crippen LogP contribution in [0.4, 0.5) is 0 Å². The Hall–Kier alpha value is -1.05. The van der Waals surface area contributed by atoms with Crippen LogP contribution in [-0.4, -0.2) is 60.3 Å². The third-order valence-corrected chi connectivity index (χ3v) is 2.25. The van der Waals surface area contributed by atoms with Gasteiger partial charge in [-0.2, -0.15) is 5.21 Å². The number of unbranched alkanes of at least 4 members (excludes halogenated alkanes) is 1. The van der Waals surface area contributed by atoms with Crippen molar-refractivity contribution in [2.45, 2.75) is 26.2 Å². The van der Waals surface area contributed by atoms with Crippen molar-refractivity contribution < 1.29 is 14.2 Å². The Morgan fingerprint density at radius 2 is 1.61 bits per heavy atom. The predicted molar refractivity (Wildman–Crippen MR) is 65.2 cm³/mol. The maximum absolute atomic E-state index is 5.36. The van der Waals surface area contributed by atoms with E-state index in [4.69, 9.17) is 14.2 Å². The average Bonchev–Trinajstić information content (AvgIpc) is 2.89. The molecule has 0 radical (unpaired) electrons. The molecule has 0 saturated carbocycles. The summed E-state index contributed by atoms with van der Waals surface area (Å²) in [5.74, 6) is 0.667. The Bertz CT molecular complexity index is 269. The van der Waals surface area contributed by atoms with Crippen LogP contribution in [0, 0.1) is 0 Å². The van der Waals surface area contributed by atoms with Gasteiger partial charge in [0.1, 0.15) is 0 Å². The van der Waals surface area contributed by atoms with E-state index in [1.165, 1.54) is 0 Å². The molecule has 0 unspecified atom stereocenters. The van der Waals surface area contributed by atoms with Gasteiger partial charge in [0.2, 0.25) is 0 Å². The van der Waals surface area contributed by atoms with Crippen LogP contribution in [0.3, 0.4) is 0 Å². The second kappa shape index (κ2) is 11.1. The van der Waals surface area contributed by atoms with Crippen LogP contribution in [0.2, 0.25) is 0 Å². The van der Waals surface area contributed by atoms with Crippen LogP contribution in [-0.2, 0) is 20.6 Å². The first-order valence-corrected chi connectivity index (χ1v) is 6.39. The highest BCUT2D eigenvalue weighted by molar-refractivity contribution is 4.74. The Labute approximate surface area is 107 Å². The molecular formula is C11H22N4O3. The first-order chi connectivity index (χ1) is 8.93. The topological polar surface area (TPSA) is 82.1 Å². The van der Waals surface area contributed by atoms with Crippen LogP contribution in [0.5, 0.6) is 0 Å². The number of nitrogens with one attached hydrogen (secondary N) is 1. The molecule has 18 heavy (non-hydrogen) atoms. The molecule has 1 aromatic rings. The summed E-state index contributed by atoms with van der Waals surface area (Å²) in [6, 6.07) is 0. The molecule has 0 aromatic carbocycles. The lowest BCUT2D eigenvalue weighted by atomic mass is 10.4. The summed E-state index contributed by atoms with van der Waals surface area (Å²) in [4.78, 5) is 0. The normalized spacial score (nSPS) is 10.9. The summed E-state index contributed by atoms with van der Waals surface area (Å²) in [6.07, 6.45) is 2.94. The predicted octanol–water partition coefficient (Wildman–Crippen LogP) is 0.592. The summed E-state index contributed by atoms with van der Waals surface area (Å²) >= 11 is 0. The largest absolute Gasteiger partial charge is 0.379 e. The van der Waals surface area contributed by atoms with Crippen molar-refractivity contribution in [1.82, 2.24) is 20.6 Å². The molecule has 0 aliphatic rings. The lowest BCUT2D eigenvalue weighted by molar-refractivity contribution is 0.0144. The van der Waals surface area contributed by atoms with Crippen molar-refractivity contribution in [3.05, 3.63) is 5.82 Å². The number of ether oxygens (including phenoxy) is 3. The van der Waals surface area contributed by atoms with Gasteiger partial charge >= 0.3 is 0 Å². The Kier molecular flexibility index (Phi) is 9.23. The number of nitrogens with zero attached hydrogens (tertiary/aromatic N) is 3. The lowest BCUT2D eigenvalue weighted by Gasteiger charge is -2.05. The summed E-state index contributed by atoms with van der Waals surface area (Å²) in [6.45, 7) is 5.99. The monoisotopic (exact) mass is 258 g/mol. The molecule has 1 heterocycles. The summed E-state index contributed by atoms with van der Waals surface area (Å²) < 4.78 is 16.1. The molecule has 0 fully saturated rings. The van der Waals surface area contributed by atoms with Gasteiger partial charge in [-0.05, 0) is 6.42 Å². The Balaban J connectivity index is 1.73. The van der Waals surface area contributed by atoms with Crippen LogP contribution < -0.4 is 0 Å². The molecule has 0 aliphatic heterocycles. The van der Waals surface area contributed by atoms with Gasteiger partial charge in [0, 0.05) is 13.0 Å². The number of aromatic amines is 1. The fourth-order valence-corrected chi connectivity index (χ4v) is 1.24. The molecule has 0 spiro atoms. The van der Waals surface area contributed by atoms with E-state index in [2.05, 4.69) is 27.5 Å². The summed E-state index contributed by atoms with van der Waals surface area (Å²) in [5.41, 5.74) is 0. The highest BCUT2D eigenvalue weighted by atomic mass is 16.5. The van der Waals surface area contributed by atoms with E-state index >= 15 is 0 Å². The highest BCUT2D eigenvalue weighted by Gasteiger charge is 1.97. The Morgan fingerprint density at radius 3 is 2.22 bits per heavy atom. The van der Waals surface area contributed by atoms with E-state index in [0.717, 1.165) is 19.4 Å². The third-order valence-electron chi connectivity index (χ3n) is 2.25. The van der Waals surface area contributed by atoms with Crippen LogP contribution in [0.1, 0.15) is 25.6 Å². The van der Waals surface area contributed by atoms with Crippen molar-refractivity contribution in [2.75, 3.05) is 39.6 Å². The molecule has 0 saturated heterocycles. The van der Waals surface area contributed by atoms with E-state index in [1.807, 2.05) is 0 Å². The molecule has 1 rings (SSSR count). The summed E-state index contributed by atoms with van der Waals surface area (Å²) in [7, 11) is 0.